The topological polar surface area (TPSA) is 66.8 Å². The summed E-state index contributed by atoms with van der Waals surface area (Å²) in [7, 11) is 4.05. The molecule has 6 nitrogen and oxygen atoms in total. The quantitative estimate of drug-likeness (QED) is 0.752. The van der Waals surface area contributed by atoms with Gasteiger partial charge in [-0.1, -0.05) is 31.9 Å². The van der Waals surface area contributed by atoms with Gasteiger partial charge in [0, 0.05) is 26.2 Å². The average Bonchev–Trinajstić information content (AvgIpc) is 3.29. The van der Waals surface area contributed by atoms with Gasteiger partial charge in [-0.25, -0.2) is 9.67 Å². The van der Waals surface area contributed by atoms with Gasteiger partial charge in [-0.15, -0.1) is 0 Å². The van der Waals surface area contributed by atoms with E-state index in [1.807, 2.05) is 25.7 Å². The minimum atomic E-state index is -0.0685. The Morgan fingerprint density at radius 3 is 2.52 bits per heavy atom. The lowest BCUT2D eigenvalue weighted by Crippen LogP contribution is -2.15. The van der Waals surface area contributed by atoms with E-state index in [-0.39, 0.29) is 5.56 Å². The Kier molecular flexibility index (Phi) is 4.72. The van der Waals surface area contributed by atoms with E-state index in [9.17, 15) is 4.79 Å². The van der Waals surface area contributed by atoms with E-state index >= 15 is 0 Å². The van der Waals surface area contributed by atoms with Gasteiger partial charge in [0.1, 0.15) is 11.2 Å². The number of hydrogen-bond acceptors (Lipinski definition) is 4. The van der Waals surface area contributed by atoms with Gasteiger partial charge in [0.25, 0.3) is 5.56 Å². The number of aromatic amines is 1. The third kappa shape index (κ3) is 3.36. The monoisotopic (exact) mass is 365 g/mol. The Morgan fingerprint density at radius 2 is 1.89 bits per heavy atom. The molecule has 27 heavy (non-hydrogen) atoms. The Morgan fingerprint density at radius 1 is 1.19 bits per heavy atom. The molecular weight excluding hydrogens is 338 g/mol. The number of nitrogens with zero attached hydrogens (tertiary/aromatic N) is 4. The van der Waals surface area contributed by atoms with E-state index < -0.39 is 0 Å². The van der Waals surface area contributed by atoms with Crippen molar-refractivity contribution in [3.8, 4) is 0 Å². The number of hydrogen-bond donors (Lipinski definition) is 1. The summed E-state index contributed by atoms with van der Waals surface area (Å²) in [6.07, 6.45) is 6.04. The number of nitrogens with one attached hydrogen (secondary N) is 1. The number of aromatic nitrogens is 4. The molecule has 1 fully saturated rings. The molecule has 1 aromatic carbocycles. The predicted octanol–water partition coefficient (Wildman–Crippen LogP) is 3.45. The van der Waals surface area contributed by atoms with Crippen LogP contribution in [0, 0.1) is 0 Å². The largest absolute Gasteiger partial charge is 0.378 e. The first kappa shape index (κ1) is 17.8. The zero-order valence-corrected chi connectivity index (χ0v) is 16.3. The number of fused-ring (bicyclic) bond motifs is 1. The Hall–Kier alpha value is -2.63. The first-order valence-corrected chi connectivity index (χ1v) is 9.83. The van der Waals surface area contributed by atoms with Gasteiger partial charge in [-0.05, 0) is 37.0 Å². The molecule has 142 valence electrons. The molecule has 1 N–H and O–H groups in total. The minimum absolute atomic E-state index is 0.0685. The summed E-state index contributed by atoms with van der Waals surface area (Å²) in [6.45, 7) is 2.04. The summed E-state index contributed by atoms with van der Waals surface area (Å²) >= 11 is 0. The van der Waals surface area contributed by atoms with E-state index in [1.54, 1.807) is 0 Å². The fraction of sp³-hybridized carbons (Fsp3) is 0.476. The molecule has 0 amide bonds. The number of H-pyrrole nitrogens is 1. The van der Waals surface area contributed by atoms with E-state index in [2.05, 4.69) is 34.1 Å². The lowest BCUT2D eigenvalue weighted by atomic mass is 10.1. The van der Waals surface area contributed by atoms with Crippen LogP contribution in [0.15, 0.2) is 29.1 Å². The summed E-state index contributed by atoms with van der Waals surface area (Å²) in [6, 6.07) is 8.72. The first-order chi connectivity index (χ1) is 13.1. The second-order valence-corrected chi connectivity index (χ2v) is 7.63. The molecule has 1 saturated carbocycles. The maximum absolute atomic E-state index is 12.8. The van der Waals surface area contributed by atoms with Crippen LogP contribution in [0.5, 0.6) is 0 Å². The van der Waals surface area contributed by atoms with Gasteiger partial charge in [-0.2, -0.15) is 5.10 Å². The molecular formula is C21H27N5O. The Bertz CT molecular complexity index is 994. The molecule has 0 bridgehead atoms. The second kappa shape index (κ2) is 7.18. The van der Waals surface area contributed by atoms with Gasteiger partial charge in [0.2, 0.25) is 0 Å². The third-order valence-electron chi connectivity index (χ3n) is 5.51. The van der Waals surface area contributed by atoms with Crippen molar-refractivity contribution in [2.45, 2.75) is 51.5 Å². The second-order valence-electron chi connectivity index (χ2n) is 7.63. The third-order valence-corrected chi connectivity index (χ3v) is 5.51. The van der Waals surface area contributed by atoms with Crippen molar-refractivity contribution in [1.29, 1.82) is 0 Å². The molecule has 1 aliphatic rings. The SMILES string of the molecule is CCc1nn(C2CCCC2)c2nc(Cc3ccc(N(C)C)cc3)[nH]c(=O)c12. The van der Waals surface area contributed by atoms with Gasteiger partial charge in [0.15, 0.2) is 5.65 Å². The smallest absolute Gasteiger partial charge is 0.262 e. The molecule has 4 rings (SSSR count). The van der Waals surface area contributed by atoms with Crippen molar-refractivity contribution in [1.82, 2.24) is 19.7 Å². The Labute approximate surface area is 159 Å². The average molecular weight is 365 g/mol. The van der Waals surface area contributed by atoms with Crippen LogP contribution in [0.4, 0.5) is 5.69 Å². The molecule has 3 aromatic rings. The van der Waals surface area contributed by atoms with Crippen LogP contribution >= 0.6 is 0 Å². The first-order valence-electron chi connectivity index (χ1n) is 9.83. The van der Waals surface area contributed by atoms with Gasteiger partial charge >= 0.3 is 0 Å². The number of rotatable bonds is 5. The fourth-order valence-electron chi connectivity index (χ4n) is 4.00. The van der Waals surface area contributed by atoms with Crippen LogP contribution in [-0.4, -0.2) is 33.8 Å². The molecule has 0 radical (unpaired) electrons. The summed E-state index contributed by atoms with van der Waals surface area (Å²) in [5.41, 5.74) is 3.82. The highest BCUT2D eigenvalue weighted by Crippen LogP contribution is 2.31. The highest BCUT2D eigenvalue weighted by atomic mass is 16.1. The molecule has 2 heterocycles. The highest BCUT2D eigenvalue weighted by Gasteiger charge is 2.24. The van der Waals surface area contributed by atoms with Crippen molar-refractivity contribution >= 4 is 16.7 Å². The van der Waals surface area contributed by atoms with Crippen molar-refractivity contribution in [2.75, 3.05) is 19.0 Å². The summed E-state index contributed by atoms with van der Waals surface area (Å²) in [5, 5.41) is 5.42. The zero-order valence-electron chi connectivity index (χ0n) is 16.3. The van der Waals surface area contributed by atoms with Gasteiger partial charge in [0.05, 0.1) is 11.7 Å². The molecule has 0 atom stereocenters. The molecule has 1 aliphatic carbocycles. The van der Waals surface area contributed by atoms with Crippen LogP contribution in [0.3, 0.4) is 0 Å². The van der Waals surface area contributed by atoms with Crippen LogP contribution < -0.4 is 10.5 Å². The molecule has 2 aromatic heterocycles. The van der Waals surface area contributed by atoms with Gasteiger partial charge < -0.3 is 9.88 Å². The van der Waals surface area contributed by atoms with Crippen LogP contribution in [-0.2, 0) is 12.8 Å². The predicted molar refractivity (Wildman–Crippen MR) is 109 cm³/mol. The van der Waals surface area contributed by atoms with E-state index in [0.717, 1.165) is 41.9 Å². The zero-order chi connectivity index (χ0) is 19.0. The fourth-order valence-corrected chi connectivity index (χ4v) is 4.00. The number of benzene rings is 1. The van der Waals surface area contributed by atoms with Crippen LogP contribution in [0.1, 0.15) is 55.7 Å². The minimum Gasteiger partial charge on any atom is -0.378 e. The standard InChI is InChI=1S/C21H27N5O/c1-4-17-19-20(26(24-17)16-7-5-6-8-16)22-18(23-21(19)27)13-14-9-11-15(12-10-14)25(2)3/h9-12,16H,4-8,13H2,1-3H3,(H,22,23,27). The summed E-state index contributed by atoms with van der Waals surface area (Å²) in [4.78, 5) is 22.7. The molecule has 0 spiro atoms. The molecule has 0 aliphatic heterocycles. The number of aryl methyl sites for hydroxylation is 1. The summed E-state index contributed by atoms with van der Waals surface area (Å²) in [5.74, 6) is 0.701. The van der Waals surface area contributed by atoms with Crippen molar-refractivity contribution in [3.63, 3.8) is 0 Å². The van der Waals surface area contributed by atoms with Crippen molar-refractivity contribution < 1.29 is 0 Å². The Balaban J connectivity index is 1.73. The normalized spacial score (nSPS) is 14.9. The lowest BCUT2D eigenvalue weighted by Gasteiger charge is -2.13. The highest BCUT2D eigenvalue weighted by molar-refractivity contribution is 5.77. The van der Waals surface area contributed by atoms with Crippen LogP contribution in [0.25, 0.3) is 11.0 Å². The number of anilines is 1. The summed E-state index contributed by atoms with van der Waals surface area (Å²) < 4.78 is 2.02. The van der Waals surface area contributed by atoms with E-state index in [1.165, 1.54) is 12.8 Å². The maximum atomic E-state index is 12.8. The van der Waals surface area contributed by atoms with E-state index in [0.29, 0.717) is 23.7 Å². The molecule has 0 saturated heterocycles. The van der Waals surface area contributed by atoms with Crippen molar-refractivity contribution in [3.05, 3.63) is 51.7 Å². The maximum Gasteiger partial charge on any atom is 0.262 e. The molecule has 0 unspecified atom stereocenters. The van der Waals surface area contributed by atoms with Gasteiger partial charge in [-0.3, -0.25) is 4.79 Å². The van der Waals surface area contributed by atoms with Crippen molar-refractivity contribution in [2.24, 2.45) is 0 Å². The lowest BCUT2D eigenvalue weighted by molar-refractivity contribution is 0.474. The van der Waals surface area contributed by atoms with Crippen LogP contribution in [0.2, 0.25) is 0 Å². The van der Waals surface area contributed by atoms with E-state index in [4.69, 9.17) is 10.1 Å². The molecule has 6 heteroatoms.